The Hall–Kier alpha value is -1.64. The fourth-order valence-electron chi connectivity index (χ4n) is 6.51. The summed E-state index contributed by atoms with van der Waals surface area (Å²) in [6.45, 7) is 5.54. The fourth-order valence-corrected chi connectivity index (χ4v) is 7.98. The molecule has 2 bridgehead atoms. The molecule has 3 atom stereocenters. The van der Waals surface area contributed by atoms with Gasteiger partial charge in [0.15, 0.2) is 0 Å². The molecule has 4 aliphatic rings. The summed E-state index contributed by atoms with van der Waals surface area (Å²) < 4.78 is 7.08. The normalized spacial score (nSPS) is 27.2. The zero-order valence-electron chi connectivity index (χ0n) is 21.1. The molecule has 1 amide bonds. The highest BCUT2D eigenvalue weighted by atomic mass is 35.5. The Morgan fingerprint density at radius 3 is 2.68 bits per heavy atom. The molecule has 2 saturated heterocycles. The first-order valence-corrected chi connectivity index (χ1v) is 15.2. The molecular weight excluding hydrogens is 522 g/mol. The minimum absolute atomic E-state index is 0.0571. The van der Waals surface area contributed by atoms with E-state index in [0.29, 0.717) is 20.2 Å². The average Bonchev–Trinajstić information content (AvgIpc) is 3.68. The first-order chi connectivity index (χ1) is 18.0. The van der Waals surface area contributed by atoms with Gasteiger partial charge in [0.2, 0.25) is 0 Å². The van der Waals surface area contributed by atoms with Crippen LogP contribution in [0.5, 0.6) is 0 Å². The number of halogens is 1. The zero-order chi connectivity index (χ0) is 25.4. The molecule has 6 rings (SSSR count). The molecule has 0 spiro atoms. The Labute approximate surface area is 234 Å². The van der Waals surface area contributed by atoms with Gasteiger partial charge in [-0.1, -0.05) is 42.0 Å². The van der Waals surface area contributed by atoms with Crippen molar-refractivity contribution in [1.29, 1.82) is 0 Å². The maximum absolute atomic E-state index is 13.5. The largest absolute Gasteiger partial charge is 0.456 e. The van der Waals surface area contributed by atoms with E-state index >= 15 is 0 Å². The van der Waals surface area contributed by atoms with E-state index in [1.165, 1.54) is 31.0 Å². The molecule has 3 heterocycles. The number of rotatable bonds is 8. The standard InChI is InChI=1S/C29H34ClN3O2S2/c30-23-8-6-20(7-9-23)25-17-22(3-1-2-12-32-13-10-31-11-14-32)26(35-25)18-27-28(34)33(29(36)37-27)24-16-19-4-5-21(24)15-19/h6-9,17-19,21,24,31H,1-5,10-16H2. The van der Waals surface area contributed by atoms with Gasteiger partial charge < -0.3 is 14.6 Å². The smallest absolute Gasteiger partial charge is 0.266 e. The molecule has 2 aliphatic heterocycles. The Morgan fingerprint density at radius 2 is 1.95 bits per heavy atom. The van der Waals surface area contributed by atoms with Crippen LogP contribution in [0.15, 0.2) is 39.7 Å². The van der Waals surface area contributed by atoms with E-state index in [-0.39, 0.29) is 11.9 Å². The van der Waals surface area contributed by atoms with Crippen molar-refractivity contribution < 1.29 is 9.21 Å². The first kappa shape index (κ1) is 25.6. The maximum Gasteiger partial charge on any atom is 0.266 e. The Balaban J connectivity index is 1.20. The SMILES string of the molecule is O=C1C(=Cc2oc(-c3ccc(Cl)cc3)cc2CCCCN2CCNCC2)SC(=S)N1C1CC2CCC1C2. The van der Waals surface area contributed by atoms with Crippen molar-refractivity contribution in [3.63, 3.8) is 0 Å². The van der Waals surface area contributed by atoms with Gasteiger partial charge in [-0.3, -0.25) is 9.69 Å². The van der Waals surface area contributed by atoms with E-state index < -0.39 is 0 Å². The van der Waals surface area contributed by atoms with Crippen molar-refractivity contribution in [2.45, 2.75) is 51.0 Å². The Bertz CT molecular complexity index is 1190. The van der Waals surface area contributed by atoms with Crippen molar-refractivity contribution in [2.75, 3.05) is 32.7 Å². The number of fused-ring (bicyclic) bond motifs is 2. The van der Waals surface area contributed by atoms with E-state index in [1.54, 1.807) is 0 Å². The Morgan fingerprint density at radius 1 is 1.14 bits per heavy atom. The number of thioether (sulfide) groups is 1. The molecule has 1 aromatic heterocycles. The van der Waals surface area contributed by atoms with E-state index in [2.05, 4.69) is 16.3 Å². The van der Waals surface area contributed by atoms with Gasteiger partial charge in [0.05, 0.1) is 4.91 Å². The lowest BCUT2D eigenvalue weighted by Gasteiger charge is -2.30. The van der Waals surface area contributed by atoms with Crippen molar-refractivity contribution in [1.82, 2.24) is 15.1 Å². The van der Waals surface area contributed by atoms with Crippen LogP contribution in [0, 0.1) is 11.8 Å². The molecule has 5 nitrogen and oxygen atoms in total. The molecule has 37 heavy (non-hydrogen) atoms. The molecule has 1 N–H and O–H groups in total. The summed E-state index contributed by atoms with van der Waals surface area (Å²) in [5, 5.41) is 4.12. The molecule has 0 radical (unpaired) electrons. The molecule has 2 saturated carbocycles. The molecular formula is C29H34ClN3O2S2. The zero-order valence-corrected chi connectivity index (χ0v) is 23.5. The number of carbonyl (C=O) groups is 1. The number of thiocarbonyl (C=S) groups is 1. The van der Waals surface area contributed by atoms with Crippen molar-refractivity contribution in [3.8, 4) is 11.3 Å². The number of nitrogens with one attached hydrogen (secondary N) is 1. The van der Waals surface area contributed by atoms with Crippen LogP contribution in [0.1, 0.15) is 49.8 Å². The monoisotopic (exact) mass is 555 g/mol. The summed E-state index contributed by atoms with van der Waals surface area (Å²) in [4.78, 5) is 18.7. The van der Waals surface area contributed by atoms with Crippen molar-refractivity contribution in [2.24, 2.45) is 11.8 Å². The van der Waals surface area contributed by atoms with Gasteiger partial charge >= 0.3 is 0 Å². The maximum atomic E-state index is 13.5. The quantitative estimate of drug-likeness (QED) is 0.237. The van der Waals surface area contributed by atoms with E-state index in [1.807, 2.05) is 35.2 Å². The van der Waals surface area contributed by atoms with E-state index in [4.69, 9.17) is 28.2 Å². The number of furan rings is 1. The van der Waals surface area contributed by atoms with Gasteiger partial charge in [0, 0.05) is 48.9 Å². The highest BCUT2D eigenvalue weighted by Gasteiger charge is 2.48. The van der Waals surface area contributed by atoms with Crippen molar-refractivity contribution in [3.05, 3.63) is 51.6 Å². The summed E-state index contributed by atoms with van der Waals surface area (Å²) in [6, 6.07) is 10.1. The third-order valence-corrected chi connectivity index (χ3v) is 10.1. The predicted octanol–water partition coefficient (Wildman–Crippen LogP) is 6.22. The predicted molar refractivity (Wildman–Crippen MR) is 156 cm³/mol. The molecule has 2 aliphatic carbocycles. The number of carbonyl (C=O) groups excluding carboxylic acids is 1. The van der Waals surface area contributed by atoms with Crippen LogP contribution in [0.4, 0.5) is 0 Å². The van der Waals surface area contributed by atoms with Crippen LogP contribution in [0.2, 0.25) is 5.02 Å². The van der Waals surface area contributed by atoms with Gasteiger partial charge in [-0.25, -0.2) is 0 Å². The topological polar surface area (TPSA) is 48.7 Å². The number of nitrogens with zero attached hydrogens (tertiary/aromatic N) is 2. The summed E-state index contributed by atoms with van der Waals surface area (Å²) >= 11 is 13.3. The minimum atomic E-state index is 0.0571. The van der Waals surface area contributed by atoms with Crippen LogP contribution in [0.25, 0.3) is 17.4 Å². The lowest BCUT2D eigenvalue weighted by atomic mass is 9.94. The number of piperazine rings is 1. The van der Waals surface area contributed by atoms with E-state index in [0.717, 1.165) is 87.0 Å². The molecule has 1 aromatic carbocycles. The summed E-state index contributed by atoms with van der Waals surface area (Å²) in [5.41, 5.74) is 2.14. The number of aryl methyl sites for hydroxylation is 1. The number of unbranched alkanes of at least 4 members (excludes halogenated alkanes) is 1. The van der Waals surface area contributed by atoms with E-state index in [9.17, 15) is 4.79 Å². The summed E-state index contributed by atoms with van der Waals surface area (Å²) in [7, 11) is 0. The Kier molecular flexibility index (Phi) is 7.78. The van der Waals surface area contributed by atoms with Gasteiger partial charge in [-0.15, -0.1) is 0 Å². The minimum Gasteiger partial charge on any atom is -0.456 e. The second-order valence-corrected chi connectivity index (χ2v) is 13.0. The third-order valence-electron chi connectivity index (χ3n) is 8.47. The fraction of sp³-hybridized carbons (Fsp3) is 0.517. The van der Waals surface area contributed by atoms with Crippen LogP contribution >= 0.6 is 35.6 Å². The van der Waals surface area contributed by atoms with Gasteiger partial charge in [0.1, 0.15) is 15.8 Å². The van der Waals surface area contributed by atoms with Crippen LogP contribution < -0.4 is 5.32 Å². The van der Waals surface area contributed by atoms with Crippen LogP contribution in [-0.2, 0) is 11.2 Å². The molecule has 2 aromatic rings. The molecule has 4 fully saturated rings. The second kappa shape index (κ2) is 11.2. The summed E-state index contributed by atoms with van der Waals surface area (Å²) in [6.07, 6.45) is 9.98. The third kappa shape index (κ3) is 5.57. The summed E-state index contributed by atoms with van der Waals surface area (Å²) in [5.74, 6) is 3.02. The van der Waals surface area contributed by atoms with Gasteiger partial charge in [0.25, 0.3) is 5.91 Å². The number of benzene rings is 1. The number of hydrogen-bond donors (Lipinski definition) is 1. The van der Waals surface area contributed by atoms with Crippen LogP contribution in [0.3, 0.4) is 0 Å². The lowest BCUT2D eigenvalue weighted by Crippen LogP contribution is -2.43. The number of amides is 1. The van der Waals surface area contributed by atoms with Gasteiger partial charge in [-0.05, 0) is 92.8 Å². The number of hydrogen-bond acceptors (Lipinski definition) is 6. The molecule has 8 heteroatoms. The van der Waals surface area contributed by atoms with Crippen LogP contribution in [-0.4, -0.2) is 58.8 Å². The lowest BCUT2D eigenvalue weighted by molar-refractivity contribution is -0.124. The molecule has 3 unspecified atom stereocenters. The van der Waals surface area contributed by atoms with Crippen molar-refractivity contribution >= 4 is 51.9 Å². The highest BCUT2D eigenvalue weighted by Crippen LogP contribution is 2.49. The average molecular weight is 556 g/mol. The second-order valence-electron chi connectivity index (χ2n) is 10.8. The first-order valence-electron chi connectivity index (χ1n) is 13.6. The van der Waals surface area contributed by atoms with Gasteiger partial charge in [-0.2, -0.15) is 0 Å². The highest BCUT2D eigenvalue weighted by molar-refractivity contribution is 8.26. The molecule has 196 valence electrons.